The van der Waals surface area contributed by atoms with E-state index >= 15 is 0 Å². The fraction of sp³-hybridized carbons (Fsp3) is 0.667. The molecule has 1 aromatic carbocycles. The predicted molar refractivity (Wildman–Crippen MR) is 83.8 cm³/mol. The summed E-state index contributed by atoms with van der Waals surface area (Å²) in [6.07, 6.45) is 2.85. The lowest BCUT2D eigenvalue weighted by Gasteiger charge is -2.36. The number of aromatic hydroxyl groups is 1. The van der Waals surface area contributed by atoms with E-state index in [2.05, 4.69) is 41.5 Å². The molecule has 1 aliphatic rings. The molecule has 0 aromatic heterocycles. The van der Waals surface area contributed by atoms with Gasteiger partial charge in [-0.15, -0.1) is 0 Å². The predicted octanol–water partition coefficient (Wildman–Crippen LogP) is 4.70. The normalized spacial score (nSPS) is 17.6. The van der Waals surface area contributed by atoms with Gasteiger partial charge in [0.15, 0.2) is 0 Å². The topological polar surface area (TPSA) is 29.5 Å². The molecule has 1 aliphatic heterocycles. The first-order chi connectivity index (χ1) is 9.02. The Morgan fingerprint density at radius 2 is 1.75 bits per heavy atom. The molecule has 0 spiro atoms. The highest BCUT2D eigenvalue weighted by Gasteiger charge is 2.32. The molecule has 0 unspecified atom stereocenters. The third-order valence-corrected chi connectivity index (χ3v) is 4.22. The summed E-state index contributed by atoms with van der Waals surface area (Å²) in [6, 6.07) is 0. The number of hydrogen-bond acceptors (Lipinski definition) is 2. The van der Waals surface area contributed by atoms with Crippen LogP contribution in [0.25, 0.3) is 0 Å². The van der Waals surface area contributed by atoms with Gasteiger partial charge in [-0.2, -0.15) is 0 Å². The van der Waals surface area contributed by atoms with Crippen molar-refractivity contribution in [1.82, 2.24) is 0 Å². The second kappa shape index (κ2) is 4.68. The summed E-state index contributed by atoms with van der Waals surface area (Å²) in [5.41, 5.74) is 4.39. The summed E-state index contributed by atoms with van der Waals surface area (Å²) >= 11 is 0. The van der Waals surface area contributed by atoms with E-state index in [1.165, 1.54) is 5.56 Å². The summed E-state index contributed by atoms with van der Waals surface area (Å²) in [4.78, 5) is 0. The molecular formula is C18H28O2. The molecule has 1 aromatic rings. The number of phenolic OH excluding ortho intramolecular Hbond substituents is 1. The van der Waals surface area contributed by atoms with Crippen LogP contribution in [0.4, 0.5) is 0 Å². The molecule has 112 valence electrons. The third-order valence-electron chi connectivity index (χ3n) is 4.22. The number of fused-ring (bicyclic) bond motifs is 1. The minimum absolute atomic E-state index is 0.111. The molecule has 0 saturated heterocycles. The van der Waals surface area contributed by atoms with Crippen molar-refractivity contribution in [1.29, 1.82) is 0 Å². The number of hydrogen-bond donors (Lipinski definition) is 1. The largest absolute Gasteiger partial charge is 0.507 e. The van der Waals surface area contributed by atoms with E-state index in [4.69, 9.17) is 4.74 Å². The zero-order valence-electron chi connectivity index (χ0n) is 14.0. The van der Waals surface area contributed by atoms with Gasteiger partial charge in [-0.05, 0) is 63.5 Å². The van der Waals surface area contributed by atoms with Crippen LogP contribution in [0.3, 0.4) is 0 Å². The van der Waals surface area contributed by atoms with Gasteiger partial charge in [0.1, 0.15) is 17.1 Å². The average Bonchev–Trinajstić information content (AvgIpc) is 2.30. The molecule has 1 N–H and O–H groups in total. The molecule has 0 bridgehead atoms. The van der Waals surface area contributed by atoms with Gasteiger partial charge in [0, 0.05) is 11.1 Å². The number of ether oxygens (including phenoxy) is 1. The SMILES string of the molecule is Cc1c(O)c(CC(C)(C)C)c(C)c2c1CCC(C)(C)O2. The zero-order valence-corrected chi connectivity index (χ0v) is 14.0. The Balaban J connectivity index is 2.59. The number of rotatable bonds is 1. The lowest BCUT2D eigenvalue weighted by molar-refractivity contribution is 0.0830. The first kappa shape index (κ1) is 15.2. The first-order valence-electron chi connectivity index (χ1n) is 7.55. The highest BCUT2D eigenvalue weighted by Crippen LogP contribution is 2.44. The Hall–Kier alpha value is -1.18. The molecule has 0 fully saturated rings. The van der Waals surface area contributed by atoms with Crippen molar-refractivity contribution in [2.24, 2.45) is 5.41 Å². The van der Waals surface area contributed by atoms with Crippen LogP contribution in [0.15, 0.2) is 0 Å². The van der Waals surface area contributed by atoms with Crippen LogP contribution in [-0.2, 0) is 12.8 Å². The van der Waals surface area contributed by atoms with E-state index in [0.29, 0.717) is 5.75 Å². The molecule has 0 saturated carbocycles. The standard InChI is InChI=1S/C18H28O2/c1-11-13-8-9-18(6,7)20-16(13)12(2)14(15(11)19)10-17(3,4)5/h19H,8-10H2,1-7H3. The Morgan fingerprint density at radius 1 is 1.15 bits per heavy atom. The van der Waals surface area contributed by atoms with Crippen LogP contribution in [0, 0.1) is 19.3 Å². The molecule has 0 amide bonds. The quantitative estimate of drug-likeness (QED) is 0.805. The maximum Gasteiger partial charge on any atom is 0.127 e. The van der Waals surface area contributed by atoms with Crippen molar-refractivity contribution >= 4 is 0 Å². The maximum absolute atomic E-state index is 10.6. The van der Waals surface area contributed by atoms with Gasteiger partial charge in [0.25, 0.3) is 0 Å². The highest BCUT2D eigenvalue weighted by atomic mass is 16.5. The summed E-state index contributed by atoms with van der Waals surface area (Å²) in [5, 5.41) is 10.6. The van der Waals surface area contributed by atoms with E-state index in [0.717, 1.165) is 41.7 Å². The lowest BCUT2D eigenvalue weighted by atomic mass is 9.82. The van der Waals surface area contributed by atoms with Gasteiger partial charge in [0.05, 0.1) is 0 Å². The molecule has 20 heavy (non-hydrogen) atoms. The van der Waals surface area contributed by atoms with Crippen molar-refractivity contribution in [3.8, 4) is 11.5 Å². The van der Waals surface area contributed by atoms with E-state index in [-0.39, 0.29) is 11.0 Å². The smallest absolute Gasteiger partial charge is 0.127 e. The third kappa shape index (κ3) is 2.79. The second-order valence-electron chi connectivity index (χ2n) is 7.98. The number of benzene rings is 1. The fourth-order valence-electron chi connectivity index (χ4n) is 3.02. The lowest BCUT2D eigenvalue weighted by Crippen LogP contribution is -2.33. The molecule has 0 atom stereocenters. The first-order valence-corrected chi connectivity index (χ1v) is 7.55. The van der Waals surface area contributed by atoms with Crippen molar-refractivity contribution in [3.63, 3.8) is 0 Å². The van der Waals surface area contributed by atoms with Crippen molar-refractivity contribution in [3.05, 3.63) is 22.3 Å². The Bertz CT molecular complexity index is 534. The monoisotopic (exact) mass is 276 g/mol. The van der Waals surface area contributed by atoms with Crippen molar-refractivity contribution in [2.45, 2.75) is 73.3 Å². The maximum atomic E-state index is 10.6. The summed E-state index contributed by atoms with van der Waals surface area (Å²) in [6.45, 7) is 15.0. The van der Waals surface area contributed by atoms with Crippen LogP contribution in [0.2, 0.25) is 0 Å². The minimum atomic E-state index is -0.111. The van der Waals surface area contributed by atoms with Crippen LogP contribution in [-0.4, -0.2) is 10.7 Å². The van der Waals surface area contributed by atoms with E-state index in [1.54, 1.807) is 0 Å². The van der Waals surface area contributed by atoms with E-state index in [1.807, 2.05) is 6.92 Å². The molecule has 2 heteroatoms. The number of phenols is 1. The summed E-state index contributed by atoms with van der Waals surface area (Å²) in [5.74, 6) is 1.48. The van der Waals surface area contributed by atoms with Gasteiger partial charge in [-0.1, -0.05) is 20.8 Å². The van der Waals surface area contributed by atoms with Crippen LogP contribution < -0.4 is 4.74 Å². The Kier molecular flexibility index (Phi) is 3.56. The van der Waals surface area contributed by atoms with Crippen LogP contribution in [0.1, 0.15) is 63.3 Å². The van der Waals surface area contributed by atoms with E-state index in [9.17, 15) is 5.11 Å². The van der Waals surface area contributed by atoms with Crippen LogP contribution >= 0.6 is 0 Å². The Morgan fingerprint density at radius 3 is 2.30 bits per heavy atom. The van der Waals surface area contributed by atoms with Gasteiger partial charge in [-0.3, -0.25) is 0 Å². The second-order valence-corrected chi connectivity index (χ2v) is 7.98. The molecule has 0 radical (unpaired) electrons. The molecule has 2 rings (SSSR count). The van der Waals surface area contributed by atoms with Gasteiger partial charge >= 0.3 is 0 Å². The van der Waals surface area contributed by atoms with Crippen molar-refractivity contribution < 1.29 is 9.84 Å². The average molecular weight is 276 g/mol. The molecule has 1 heterocycles. The van der Waals surface area contributed by atoms with Gasteiger partial charge in [-0.25, -0.2) is 0 Å². The fourth-order valence-corrected chi connectivity index (χ4v) is 3.02. The van der Waals surface area contributed by atoms with Crippen molar-refractivity contribution in [2.75, 3.05) is 0 Å². The molecule has 0 aliphatic carbocycles. The Labute approximate surface area is 123 Å². The van der Waals surface area contributed by atoms with Crippen LogP contribution in [0.5, 0.6) is 11.5 Å². The minimum Gasteiger partial charge on any atom is -0.507 e. The van der Waals surface area contributed by atoms with Gasteiger partial charge in [0.2, 0.25) is 0 Å². The van der Waals surface area contributed by atoms with Gasteiger partial charge < -0.3 is 9.84 Å². The molecular weight excluding hydrogens is 248 g/mol. The van der Waals surface area contributed by atoms with E-state index < -0.39 is 0 Å². The molecule has 2 nitrogen and oxygen atoms in total. The highest BCUT2D eigenvalue weighted by molar-refractivity contribution is 5.59. The summed E-state index contributed by atoms with van der Waals surface area (Å²) in [7, 11) is 0. The zero-order chi connectivity index (χ0) is 15.3. The summed E-state index contributed by atoms with van der Waals surface area (Å²) < 4.78 is 6.23.